The van der Waals surface area contributed by atoms with Crippen molar-refractivity contribution in [1.29, 1.82) is 0 Å². The van der Waals surface area contributed by atoms with E-state index < -0.39 is 5.97 Å². The number of anilines is 2. The molecule has 2 aromatic carbocycles. The Morgan fingerprint density at radius 2 is 1.61 bits per heavy atom. The molecule has 3 rings (SSSR count). The Labute approximate surface area is 182 Å². The van der Waals surface area contributed by atoms with Crippen molar-refractivity contribution in [2.45, 2.75) is 33.7 Å². The van der Waals surface area contributed by atoms with Crippen LogP contribution in [0.25, 0.3) is 0 Å². The maximum absolute atomic E-state index is 12.5. The number of esters is 1. The molecule has 0 saturated heterocycles. The number of ketones is 1. The summed E-state index contributed by atoms with van der Waals surface area (Å²) >= 11 is 0. The molecule has 0 atom stereocenters. The third-order valence-corrected chi connectivity index (χ3v) is 4.96. The van der Waals surface area contributed by atoms with E-state index in [1.807, 2.05) is 62.4 Å². The third kappa shape index (κ3) is 5.98. The highest BCUT2D eigenvalue weighted by molar-refractivity contribution is 5.99. The third-order valence-electron chi connectivity index (χ3n) is 4.96. The fraction of sp³-hybridized carbons (Fsp3) is 0.280. The van der Waals surface area contributed by atoms with Gasteiger partial charge in [-0.05, 0) is 62.7 Å². The summed E-state index contributed by atoms with van der Waals surface area (Å²) in [6.07, 6.45) is 0.986. The number of nitrogens with zero attached hydrogens (tertiary/aromatic N) is 1. The van der Waals surface area contributed by atoms with E-state index in [2.05, 4.69) is 16.8 Å². The minimum atomic E-state index is -0.581. The maximum Gasteiger partial charge on any atom is 0.344 e. The molecule has 1 heterocycles. The van der Waals surface area contributed by atoms with Crippen LogP contribution < -0.4 is 10.1 Å². The van der Waals surface area contributed by atoms with Crippen molar-refractivity contribution in [3.05, 3.63) is 77.6 Å². The molecular weight excluding hydrogens is 392 g/mol. The fourth-order valence-corrected chi connectivity index (χ4v) is 3.38. The van der Waals surface area contributed by atoms with Crippen LogP contribution in [0.15, 0.2) is 60.7 Å². The molecule has 0 bridgehead atoms. The van der Waals surface area contributed by atoms with Crippen molar-refractivity contribution in [2.24, 2.45) is 0 Å². The highest BCUT2D eigenvalue weighted by Gasteiger charge is 2.17. The highest BCUT2D eigenvalue weighted by atomic mass is 16.6. The molecule has 3 aromatic rings. The lowest BCUT2D eigenvalue weighted by Gasteiger charge is -2.09. The number of carbonyl (C=O) groups is 2. The molecule has 0 radical (unpaired) electrons. The predicted octanol–water partition coefficient (Wildman–Crippen LogP) is 5.06. The molecule has 6 nitrogen and oxygen atoms in total. The fourth-order valence-electron chi connectivity index (χ4n) is 3.38. The van der Waals surface area contributed by atoms with Crippen molar-refractivity contribution < 1.29 is 19.1 Å². The van der Waals surface area contributed by atoms with Gasteiger partial charge in [-0.25, -0.2) is 4.79 Å². The Morgan fingerprint density at radius 1 is 0.935 bits per heavy atom. The van der Waals surface area contributed by atoms with Crippen LogP contribution in [0, 0.1) is 13.8 Å². The van der Waals surface area contributed by atoms with Gasteiger partial charge in [0.15, 0.2) is 13.2 Å². The summed E-state index contributed by atoms with van der Waals surface area (Å²) < 4.78 is 12.7. The zero-order valence-corrected chi connectivity index (χ0v) is 18.2. The molecular formula is C25H28N2O4. The van der Waals surface area contributed by atoms with Gasteiger partial charge >= 0.3 is 5.97 Å². The molecule has 0 saturated carbocycles. The van der Waals surface area contributed by atoms with Gasteiger partial charge in [-0.3, -0.25) is 4.79 Å². The van der Waals surface area contributed by atoms with E-state index in [4.69, 9.17) is 9.47 Å². The van der Waals surface area contributed by atoms with Crippen LogP contribution in [-0.4, -0.2) is 29.5 Å². The monoisotopic (exact) mass is 420 g/mol. The largest absolute Gasteiger partial charge is 0.482 e. The minimum absolute atomic E-state index is 0.208. The topological polar surface area (TPSA) is 69.6 Å². The predicted molar refractivity (Wildman–Crippen MR) is 121 cm³/mol. The average Bonchev–Trinajstić information content (AvgIpc) is 3.06. The summed E-state index contributed by atoms with van der Waals surface area (Å²) in [6.45, 7) is 6.29. The van der Waals surface area contributed by atoms with E-state index in [1.54, 1.807) is 12.1 Å². The number of para-hydroxylation sites is 1. The van der Waals surface area contributed by atoms with E-state index in [1.165, 1.54) is 0 Å². The number of benzene rings is 2. The maximum atomic E-state index is 12.5. The van der Waals surface area contributed by atoms with E-state index in [-0.39, 0.29) is 19.0 Å². The van der Waals surface area contributed by atoms with Crippen molar-refractivity contribution in [3.63, 3.8) is 0 Å². The second-order valence-corrected chi connectivity index (χ2v) is 7.32. The molecule has 0 aliphatic carbocycles. The van der Waals surface area contributed by atoms with Crippen LogP contribution in [0.1, 0.15) is 35.1 Å². The standard InChI is InChI=1S/C25H28N2O4/c1-4-14-27-18(2)15-23(19(27)3)24(28)16-31-25(29)17-30-22-12-10-21(11-13-22)26-20-8-6-5-7-9-20/h5-13,15,26H,4,14,16-17H2,1-3H3. The molecule has 0 aliphatic heterocycles. The number of aryl methyl sites for hydroxylation is 1. The number of Topliss-reactive ketones (excluding diaryl/α,β-unsaturated/α-hetero) is 1. The van der Waals surface area contributed by atoms with Crippen molar-refractivity contribution in [1.82, 2.24) is 4.57 Å². The quantitative estimate of drug-likeness (QED) is 0.367. The SMILES string of the molecule is CCCn1c(C)cc(C(=O)COC(=O)COc2ccc(Nc3ccccc3)cc2)c1C. The van der Waals surface area contributed by atoms with E-state index in [0.29, 0.717) is 11.3 Å². The molecule has 0 amide bonds. The van der Waals surface area contributed by atoms with Gasteiger partial charge in [-0.15, -0.1) is 0 Å². The smallest absolute Gasteiger partial charge is 0.344 e. The first-order valence-corrected chi connectivity index (χ1v) is 10.4. The summed E-state index contributed by atoms with van der Waals surface area (Å²) in [5, 5.41) is 3.28. The summed E-state index contributed by atoms with van der Waals surface area (Å²) in [4.78, 5) is 24.5. The Bertz CT molecular complexity index is 1020. The van der Waals surface area contributed by atoms with Gasteiger partial charge in [-0.2, -0.15) is 0 Å². The Kier molecular flexibility index (Phi) is 7.49. The summed E-state index contributed by atoms with van der Waals surface area (Å²) in [7, 11) is 0. The number of ether oxygens (including phenoxy) is 2. The van der Waals surface area contributed by atoms with Gasteiger partial charge in [0.1, 0.15) is 5.75 Å². The van der Waals surface area contributed by atoms with Gasteiger partial charge < -0.3 is 19.4 Å². The zero-order valence-electron chi connectivity index (χ0n) is 18.2. The lowest BCUT2D eigenvalue weighted by molar-refractivity contribution is -0.144. The molecule has 0 unspecified atom stereocenters. The van der Waals surface area contributed by atoms with Crippen LogP contribution >= 0.6 is 0 Å². The summed E-state index contributed by atoms with van der Waals surface area (Å²) in [6, 6.07) is 18.9. The molecule has 31 heavy (non-hydrogen) atoms. The number of rotatable bonds is 10. The van der Waals surface area contributed by atoms with E-state index in [9.17, 15) is 9.59 Å². The molecule has 0 aliphatic rings. The summed E-state index contributed by atoms with van der Waals surface area (Å²) in [5.74, 6) is -0.243. The highest BCUT2D eigenvalue weighted by Crippen LogP contribution is 2.20. The first-order chi connectivity index (χ1) is 15.0. The molecule has 1 aromatic heterocycles. The van der Waals surface area contributed by atoms with Gasteiger partial charge in [0, 0.05) is 34.9 Å². The lowest BCUT2D eigenvalue weighted by atomic mass is 10.1. The van der Waals surface area contributed by atoms with Crippen molar-refractivity contribution in [3.8, 4) is 5.75 Å². The Balaban J connectivity index is 1.46. The number of nitrogens with one attached hydrogen (secondary N) is 1. The second-order valence-electron chi connectivity index (χ2n) is 7.32. The number of hydrogen-bond donors (Lipinski definition) is 1. The van der Waals surface area contributed by atoms with Gasteiger partial charge in [0.2, 0.25) is 5.78 Å². The minimum Gasteiger partial charge on any atom is -0.482 e. The van der Waals surface area contributed by atoms with Gasteiger partial charge in [-0.1, -0.05) is 25.1 Å². The number of carbonyl (C=O) groups excluding carboxylic acids is 2. The summed E-state index contributed by atoms with van der Waals surface area (Å²) in [5.41, 5.74) is 4.43. The van der Waals surface area contributed by atoms with Crippen LogP contribution in [0.3, 0.4) is 0 Å². The number of hydrogen-bond acceptors (Lipinski definition) is 5. The first kappa shape index (κ1) is 22.2. The lowest BCUT2D eigenvalue weighted by Crippen LogP contribution is -2.20. The van der Waals surface area contributed by atoms with E-state index in [0.717, 1.165) is 35.7 Å². The molecule has 0 spiro atoms. The second kappa shape index (κ2) is 10.5. The average molecular weight is 421 g/mol. The zero-order chi connectivity index (χ0) is 22.2. The van der Waals surface area contributed by atoms with Crippen molar-refractivity contribution >= 4 is 23.1 Å². The van der Waals surface area contributed by atoms with Crippen LogP contribution in [0.5, 0.6) is 5.75 Å². The normalized spacial score (nSPS) is 10.5. The van der Waals surface area contributed by atoms with Crippen LogP contribution in [0.4, 0.5) is 11.4 Å². The molecule has 0 fully saturated rings. The Hall–Kier alpha value is -3.54. The van der Waals surface area contributed by atoms with Crippen LogP contribution in [-0.2, 0) is 16.1 Å². The molecule has 6 heteroatoms. The van der Waals surface area contributed by atoms with Crippen molar-refractivity contribution in [2.75, 3.05) is 18.5 Å². The Morgan fingerprint density at radius 3 is 2.29 bits per heavy atom. The molecule has 1 N–H and O–H groups in total. The first-order valence-electron chi connectivity index (χ1n) is 10.4. The van der Waals surface area contributed by atoms with E-state index >= 15 is 0 Å². The van der Waals surface area contributed by atoms with Gasteiger partial charge in [0.05, 0.1) is 0 Å². The molecule has 162 valence electrons. The van der Waals surface area contributed by atoms with Crippen LogP contribution in [0.2, 0.25) is 0 Å². The number of aromatic nitrogens is 1. The van der Waals surface area contributed by atoms with Gasteiger partial charge in [0.25, 0.3) is 0 Å².